The van der Waals surface area contributed by atoms with Crippen LogP contribution < -0.4 is 4.74 Å². The normalized spacial score (nSPS) is 22.2. The minimum absolute atomic E-state index is 0.266. The van der Waals surface area contributed by atoms with E-state index in [-0.39, 0.29) is 6.10 Å². The highest BCUT2D eigenvalue weighted by Gasteiger charge is 2.20. The number of rotatable bonds is 2. The van der Waals surface area contributed by atoms with E-state index in [0.29, 0.717) is 0 Å². The van der Waals surface area contributed by atoms with E-state index in [9.17, 15) is 5.11 Å². The molecule has 1 aromatic carbocycles. The van der Waals surface area contributed by atoms with Gasteiger partial charge in [0.25, 0.3) is 0 Å². The molecule has 1 aromatic rings. The van der Waals surface area contributed by atoms with Crippen molar-refractivity contribution in [1.82, 2.24) is 0 Å². The minimum Gasteiger partial charge on any atom is -0.493 e. The van der Waals surface area contributed by atoms with Gasteiger partial charge in [0.1, 0.15) is 5.75 Å². The van der Waals surface area contributed by atoms with Gasteiger partial charge in [0, 0.05) is 11.4 Å². The Hall–Kier alpha value is -0.990. The zero-order valence-corrected chi connectivity index (χ0v) is 10.3. The van der Waals surface area contributed by atoms with Crippen LogP contribution in [0.5, 0.6) is 5.75 Å². The summed E-state index contributed by atoms with van der Waals surface area (Å²) in [6, 6.07) is 3.97. The van der Waals surface area contributed by atoms with E-state index in [1.54, 1.807) is 0 Å². The van der Waals surface area contributed by atoms with Crippen molar-refractivity contribution in [2.45, 2.75) is 31.8 Å². The SMILES string of the molecule is OC1C=C(Cc2cc(Cl)cc3c2OCC3)CC1. The zero-order valence-electron chi connectivity index (χ0n) is 9.58. The fourth-order valence-electron chi connectivity index (χ4n) is 2.64. The van der Waals surface area contributed by atoms with Crippen LogP contribution in [-0.4, -0.2) is 17.8 Å². The molecule has 0 bridgehead atoms. The monoisotopic (exact) mass is 250 g/mol. The van der Waals surface area contributed by atoms with Crippen LogP contribution in [0, 0.1) is 0 Å². The maximum Gasteiger partial charge on any atom is 0.126 e. The van der Waals surface area contributed by atoms with Gasteiger partial charge in [-0.05, 0) is 42.5 Å². The quantitative estimate of drug-likeness (QED) is 0.818. The summed E-state index contributed by atoms with van der Waals surface area (Å²) in [5.74, 6) is 1.01. The molecule has 0 saturated heterocycles. The summed E-state index contributed by atoms with van der Waals surface area (Å²) >= 11 is 6.12. The molecule has 1 aliphatic carbocycles. The van der Waals surface area contributed by atoms with E-state index in [2.05, 4.69) is 0 Å². The average molecular weight is 251 g/mol. The van der Waals surface area contributed by atoms with Crippen LogP contribution in [0.2, 0.25) is 5.02 Å². The second-order valence-corrected chi connectivity index (χ2v) is 5.20. The molecule has 0 amide bonds. The molecule has 1 atom stereocenters. The smallest absolute Gasteiger partial charge is 0.126 e. The van der Waals surface area contributed by atoms with Crippen molar-refractivity contribution in [3.05, 3.63) is 39.9 Å². The predicted molar refractivity (Wildman–Crippen MR) is 67.7 cm³/mol. The van der Waals surface area contributed by atoms with Crippen LogP contribution >= 0.6 is 11.6 Å². The highest BCUT2D eigenvalue weighted by atomic mass is 35.5. The summed E-state index contributed by atoms with van der Waals surface area (Å²) in [6.07, 6.45) is 5.31. The van der Waals surface area contributed by atoms with E-state index >= 15 is 0 Å². The van der Waals surface area contributed by atoms with E-state index < -0.39 is 0 Å². The molecule has 2 aliphatic rings. The molecule has 0 spiro atoms. The summed E-state index contributed by atoms with van der Waals surface area (Å²) < 4.78 is 5.67. The van der Waals surface area contributed by atoms with E-state index in [0.717, 1.165) is 48.6 Å². The Morgan fingerprint density at radius 1 is 1.35 bits per heavy atom. The first kappa shape index (κ1) is 11.1. The number of aliphatic hydroxyl groups is 1. The molecule has 1 unspecified atom stereocenters. The third-order valence-electron chi connectivity index (χ3n) is 3.43. The Morgan fingerprint density at radius 3 is 3.00 bits per heavy atom. The topological polar surface area (TPSA) is 29.5 Å². The van der Waals surface area contributed by atoms with Gasteiger partial charge in [-0.3, -0.25) is 0 Å². The largest absolute Gasteiger partial charge is 0.493 e. The molecule has 90 valence electrons. The van der Waals surface area contributed by atoms with Crippen LogP contribution in [0.4, 0.5) is 0 Å². The average Bonchev–Trinajstić information content (AvgIpc) is 2.87. The maximum atomic E-state index is 9.49. The van der Waals surface area contributed by atoms with E-state index in [1.807, 2.05) is 18.2 Å². The third kappa shape index (κ3) is 2.20. The number of hydrogen-bond donors (Lipinski definition) is 1. The summed E-state index contributed by atoms with van der Waals surface area (Å²) in [5.41, 5.74) is 3.66. The summed E-state index contributed by atoms with van der Waals surface area (Å²) in [5, 5.41) is 10.3. The second kappa shape index (κ2) is 4.35. The number of allylic oxidation sites excluding steroid dienone is 1. The van der Waals surface area contributed by atoms with Gasteiger partial charge < -0.3 is 9.84 Å². The Kier molecular flexibility index (Phi) is 2.85. The molecule has 0 saturated carbocycles. The number of ether oxygens (including phenoxy) is 1. The fraction of sp³-hybridized carbons (Fsp3) is 0.429. The first-order chi connectivity index (χ1) is 8.22. The molecule has 1 heterocycles. The lowest BCUT2D eigenvalue weighted by Crippen LogP contribution is -1.94. The zero-order chi connectivity index (χ0) is 11.8. The highest BCUT2D eigenvalue weighted by molar-refractivity contribution is 6.30. The van der Waals surface area contributed by atoms with Crippen molar-refractivity contribution in [3.63, 3.8) is 0 Å². The van der Waals surface area contributed by atoms with Gasteiger partial charge in [0.15, 0.2) is 0 Å². The van der Waals surface area contributed by atoms with Crippen LogP contribution in [0.15, 0.2) is 23.8 Å². The number of aliphatic hydroxyl groups excluding tert-OH is 1. The molecule has 17 heavy (non-hydrogen) atoms. The van der Waals surface area contributed by atoms with E-state index in [4.69, 9.17) is 16.3 Å². The Balaban J connectivity index is 1.90. The lowest BCUT2D eigenvalue weighted by atomic mass is 10.0. The van der Waals surface area contributed by atoms with Crippen molar-refractivity contribution in [2.24, 2.45) is 0 Å². The molecule has 3 heteroatoms. The molecule has 1 N–H and O–H groups in total. The lowest BCUT2D eigenvalue weighted by Gasteiger charge is -2.09. The summed E-state index contributed by atoms with van der Waals surface area (Å²) in [4.78, 5) is 0. The number of halogens is 1. The molecule has 0 aromatic heterocycles. The molecular weight excluding hydrogens is 236 g/mol. The fourth-order valence-corrected chi connectivity index (χ4v) is 2.90. The van der Waals surface area contributed by atoms with Crippen molar-refractivity contribution in [1.29, 1.82) is 0 Å². The molecule has 0 radical (unpaired) electrons. The van der Waals surface area contributed by atoms with Crippen molar-refractivity contribution in [2.75, 3.05) is 6.61 Å². The van der Waals surface area contributed by atoms with Crippen LogP contribution in [0.3, 0.4) is 0 Å². The van der Waals surface area contributed by atoms with Gasteiger partial charge in [-0.2, -0.15) is 0 Å². The molecule has 2 nitrogen and oxygen atoms in total. The van der Waals surface area contributed by atoms with Gasteiger partial charge in [0.2, 0.25) is 0 Å². The van der Waals surface area contributed by atoms with E-state index in [1.165, 1.54) is 11.1 Å². The van der Waals surface area contributed by atoms with Crippen LogP contribution in [0.25, 0.3) is 0 Å². The molecule has 0 fully saturated rings. The van der Waals surface area contributed by atoms with Crippen LogP contribution in [-0.2, 0) is 12.8 Å². The minimum atomic E-state index is -0.266. The molecular formula is C14H15ClO2. The van der Waals surface area contributed by atoms with Gasteiger partial charge in [0.05, 0.1) is 12.7 Å². The van der Waals surface area contributed by atoms with Gasteiger partial charge >= 0.3 is 0 Å². The molecule has 1 aliphatic heterocycles. The first-order valence-corrected chi connectivity index (χ1v) is 6.42. The van der Waals surface area contributed by atoms with Gasteiger partial charge in [-0.15, -0.1) is 0 Å². The van der Waals surface area contributed by atoms with Crippen molar-refractivity contribution < 1.29 is 9.84 Å². The highest BCUT2D eigenvalue weighted by Crippen LogP contribution is 2.35. The standard InChI is InChI=1S/C14H15ClO2/c15-12-7-10-3-4-17-14(10)11(8-12)5-9-1-2-13(16)6-9/h6-8,13,16H,1-5H2. The van der Waals surface area contributed by atoms with Gasteiger partial charge in [-0.25, -0.2) is 0 Å². The van der Waals surface area contributed by atoms with Crippen molar-refractivity contribution in [3.8, 4) is 5.75 Å². The Morgan fingerprint density at radius 2 is 2.24 bits per heavy atom. The number of fused-ring (bicyclic) bond motifs is 1. The molecule has 3 rings (SSSR count). The van der Waals surface area contributed by atoms with Gasteiger partial charge in [-0.1, -0.05) is 23.3 Å². The number of hydrogen-bond acceptors (Lipinski definition) is 2. The second-order valence-electron chi connectivity index (χ2n) is 4.76. The van der Waals surface area contributed by atoms with Crippen LogP contribution in [0.1, 0.15) is 24.0 Å². The lowest BCUT2D eigenvalue weighted by molar-refractivity contribution is 0.223. The Labute approximate surface area is 106 Å². The van der Waals surface area contributed by atoms with Crippen molar-refractivity contribution >= 4 is 11.6 Å². The summed E-state index contributed by atoms with van der Waals surface area (Å²) in [6.45, 7) is 0.754. The predicted octanol–water partition coefficient (Wildman–Crippen LogP) is 2.90. The number of benzene rings is 1. The summed E-state index contributed by atoms with van der Waals surface area (Å²) in [7, 11) is 0. The maximum absolute atomic E-state index is 9.49. The Bertz CT molecular complexity index is 479. The third-order valence-corrected chi connectivity index (χ3v) is 3.65. The first-order valence-electron chi connectivity index (χ1n) is 6.04.